The summed E-state index contributed by atoms with van der Waals surface area (Å²) < 4.78 is 14.9. The molecule has 0 aliphatic carbocycles. The summed E-state index contributed by atoms with van der Waals surface area (Å²) in [4.78, 5) is 14.6. The van der Waals surface area contributed by atoms with Gasteiger partial charge in [0.15, 0.2) is 11.0 Å². The van der Waals surface area contributed by atoms with Gasteiger partial charge in [-0.05, 0) is 49.9 Å². The third-order valence-electron chi connectivity index (χ3n) is 4.66. The first kappa shape index (κ1) is 17.9. The molecule has 0 unspecified atom stereocenters. The SMILES string of the molecule is CC1CCN(C(=O)[C@H](C)Sc2nnc(-c3ccc(F)cc3)n2C)CC1. The molecule has 2 heterocycles. The molecule has 3 rings (SSSR count). The van der Waals surface area contributed by atoms with Crippen molar-refractivity contribution in [1.82, 2.24) is 19.7 Å². The number of hydrogen-bond donors (Lipinski definition) is 0. The van der Waals surface area contributed by atoms with Crippen molar-refractivity contribution in [3.63, 3.8) is 0 Å². The highest BCUT2D eigenvalue weighted by Gasteiger charge is 2.26. The van der Waals surface area contributed by atoms with E-state index in [1.165, 1.54) is 23.9 Å². The Balaban J connectivity index is 1.68. The number of rotatable bonds is 4. The first-order chi connectivity index (χ1) is 12.0. The fourth-order valence-electron chi connectivity index (χ4n) is 2.96. The Hall–Kier alpha value is -1.89. The smallest absolute Gasteiger partial charge is 0.235 e. The van der Waals surface area contributed by atoms with Gasteiger partial charge < -0.3 is 9.47 Å². The summed E-state index contributed by atoms with van der Waals surface area (Å²) in [7, 11) is 1.86. The lowest BCUT2D eigenvalue weighted by molar-refractivity contribution is -0.131. The molecule has 0 spiro atoms. The minimum Gasteiger partial charge on any atom is -0.342 e. The van der Waals surface area contributed by atoms with E-state index in [9.17, 15) is 9.18 Å². The second-order valence-corrected chi connectivity index (χ2v) is 7.95. The lowest BCUT2D eigenvalue weighted by Crippen LogP contribution is -2.41. The van der Waals surface area contributed by atoms with Crippen LogP contribution in [0.2, 0.25) is 0 Å². The second kappa shape index (κ2) is 7.56. The van der Waals surface area contributed by atoms with E-state index >= 15 is 0 Å². The summed E-state index contributed by atoms with van der Waals surface area (Å²) in [5.74, 6) is 1.23. The number of hydrogen-bond acceptors (Lipinski definition) is 4. The number of nitrogens with zero attached hydrogens (tertiary/aromatic N) is 4. The Morgan fingerprint density at radius 3 is 2.52 bits per heavy atom. The lowest BCUT2D eigenvalue weighted by Gasteiger charge is -2.31. The fraction of sp³-hybridized carbons (Fsp3) is 0.500. The first-order valence-electron chi connectivity index (χ1n) is 8.56. The molecule has 1 amide bonds. The van der Waals surface area contributed by atoms with Crippen molar-refractivity contribution in [1.29, 1.82) is 0 Å². The van der Waals surface area contributed by atoms with Gasteiger partial charge in [-0.3, -0.25) is 4.79 Å². The van der Waals surface area contributed by atoms with Crippen molar-refractivity contribution in [2.45, 2.75) is 37.1 Å². The van der Waals surface area contributed by atoms with Crippen molar-refractivity contribution >= 4 is 17.7 Å². The number of amides is 1. The molecule has 0 bridgehead atoms. The van der Waals surface area contributed by atoms with Gasteiger partial charge in [-0.1, -0.05) is 18.7 Å². The zero-order valence-electron chi connectivity index (χ0n) is 14.8. The molecule has 1 atom stereocenters. The van der Waals surface area contributed by atoms with E-state index in [0.717, 1.165) is 31.5 Å². The van der Waals surface area contributed by atoms with Gasteiger partial charge in [0.25, 0.3) is 0 Å². The van der Waals surface area contributed by atoms with Gasteiger partial charge in [0.2, 0.25) is 5.91 Å². The van der Waals surface area contributed by atoms with Crippen LogP contribution in [0, 0.1) is 11.7 Å². The molecule has 1 aliphatic heterocycles. The maximum Gasteiger partial charge on any atom is 0.235 e. The lowest BCUT2D eigenvalue weighted by atomic mass is 9.99. The molecule has 7 heteroatoms. The molecule has 134 valence electrons. The van der Waals surface area contributed by atoms with Crippen molar-refractivity contribution < 1.29 is 9.18 Å². The molecule has 1 aromatic carbocycles. The summed E-state index contributed by atoms with van der Waals surface area (Å²) >= 11 is 1.42. The summed E-state index contributed by atoms with van der Waals surface area (Å²) in [6, 6.07) is 6.16. The van der Waals surface area contributed by atoms with Gasteiger partial charge in [-0.25, -0.2) is 4.39 Å². The highest BCUT2D eigenvalue weighted by molar-refractivity contribution is 8.00. The van der Waals surface area contributed by atoms with Crippen LogP contribution in [0.5, 0.6) is 0 Å². The Labute approximate surface area is 151 Å². The number of aromatic nitrogens is 3. The minimum atomic E-state index is -0.282. The van der Waals surface area contributed by atoms with E-state index in [1.54, 1.807) is 12.1 Å². The van der Waals surface area contributed by atoms with Crippen LogP contribution in [0.1, 0.15) is 26.7 Å². The van der Waals surface area contributed by atoms with E-state index in [2.05, 4.69) is 17.1 Å². The number of likely N-dealkylation sites (tertiary alicyclic amines) is 1. The van der Waals surface area contributed by atoms with Crippen molar-refractivity contribution in [3.8, 4) is 11.4 Å². The molecule has 25 heavy (non-hydrogen) atoms. The number of piperidine rings is 1. The predicted molar refractivity (Wildman–Crippen MR) is 96.7 cm³/mol. The van der Waals surface area contributed by atoms with Crippen LogP contribution in [0.3, 0.4) is 0 Å². The molecular weight excluding hydrogens is 339 g/mol. The molecule has 5 nitrogen and oxygen atoms in total. The summed E-state index contributed by atoms with van der Waals surface area (Å²) in [5.41, 5.74) is 0.798. The molecule has 0 saturated carbocycles. The van der Waals surface area contributed by atoms with Crippen LogP contribution in [0.4, 0.5) is 4.39 Å². The predicted octanol–water partition coefficient (Wildman–Crippen LogP) is 3.36. The van der Waals surface area contributed by atoms with Crippen molar-refractivity contribution in [2.24, 2.45) is 13.0 Å². The number of carbonyl (C=O) groups excluding carboxylic acids is 1. The molecular formula is C18H23FN4OS. The van der Waals surface area contributed by atoms with Crippen molar-refractivity contribution in [2.75, 3.05) is 13.1 Å². The topological polar surface area (TPSA) is 51.0 Å². The van der Waals surface area contributed by atoms with E-state index < -0.39 is 0 Å². The van der Waals surface area contributed by atoms with Gasteiger partial charge in [0, 0.05) is 25.7 Å². The summed E-state index contributed by atoms with van der Waals surface area (Å²) in [6.07, 6.45) is 2.14. The van der Waals surface area contributed by atoms with E-state index in [-0.39, 0.29) is 17.0 Å². The van der Waals surface area contributed by atoms with Gasteiger partial charge in [0.05, 0.1) is 5.25 Å². The van der Waals surface area contributed by atoms with Crippen LogP contribution in [0.15, 0.2) is 29.4 Å². The third-order valence-corrected chi connectivity index (χ3v) is 5.78. The standard InChI is InChI=1S/C18H23FN4OS/c1-12-8-10-23(11-9-12)17(24)13(2)25-18-21-20-16(22(18)3)14-4-6-15(19)7-5-14/h4-7,12-13H,8-11H2,1-3H3/t13-/m0/s1. The molecule has 1 saturated heterocycles. The number of thioether (sulfide) groups is 1. The summed E-state index contributed by atoms with van der Waals surface area (Å²) in [6.45, 7) is 5.82. The molecule has 1 fully saturated rings. The van der Waals surface area contributed by atoms with Crippen LogP contribution in [0.25, 0.3) is 11.4 Å². The maximum absolute atomic E-state index is 13.1. The molecule has 2 aromatic rings. The normalized spacial score (nSPS) is 16.9. The number of halogens is 1. The van der Waals surface area contributed by atoms with Crippen LogP contribution >= 0.6 is 11.8 Å². The zero-order valence-corrected chi connectivity index (χ0v) is 15.6. The Morgan fingerprint density at radius 2 is 1.88 bits per heavy atom. The average molecular weight is 362 g/mol. The van der Waals surface area contributed by atoms with Crippen LogP contribution in [-0.2, 0) is 11.8 Å². The number of carbonyl (C=O) groups is 1. The Morgan fingerprint density at radius 1 is 1.24 bits per heavy atom. The van der Waals surface area contributed by atoms with Crippen LogP contribution in [-0.4, -0.2) is 43.9 Å². The molecule has 1 aliphatic rings. The Bertz CT molecular complexity index is 738. The van der Waals surface area contributed by atoms with Crippen molar-refractivity contribution in [3.05, 3.63) is 30.1 Å². The first-order valence-corrected chi connectivity index (χ1v) is 9.44. The highest BCUT2D eigenvalue weighted by Crippen LogP contribution is 2.27. The molecule has 1 aromatic heterocycles. The molecule has 0 N–H and O–H groups in total. The maximum atomic E-state index is 13.1. The largest absolute Gasteiger partial charge is 0.342 e. The van der Waals surface area contributed by atoms with Gasteiger partial charge in [0.1, 0.15) is 5.82 Å². The van der Waals surface area contributed by atoms with Crippen LogP contribution < -0.4 is 0 Å². The van der Waals surface area contributed by atoms with E-state index in [4.69, 9.17) is 0 Å². The Kier molecular flexibility index (Phi) is 5.42. The monoisotopic (exact) mass is 362 g/mol. The molecule has 0 radical (unpaired) electrons. The van der Waals surface area contributed by atoms with E-state index in [0.29, 0.717) is 16.9 Å². The average Bonchev–Trinajstić information content (AvgIpc) is 2.96. The van der Waals surface area contributed by atoms with E-state index in [1.807, 2.05) is 23.4 Å². The third kappa shape index (κ3) is 4.03. The fourth-order valence-corrected chi connectivity index (χ4v) is 3.86. The highest BCUT2D eigenvalue weighted by atomic mass is 32.2. The second-order valence-electron chi connectivity index (χ2n) is 6.64. The minimum absolute atomic E-state index is 0.156. The summed E-state index contributed by atoms with van der Waals surface area (Å²) in [5, 5.41) is 8.88. The van der Waals surface area contributed by atoms with Gasteiger partial charge in [-0.15, -0.1) is 10.2 Å². The zero-order chi connectivity index (χ0) is 18.0. The van der Waals surface area contributed by atoms with Gasteiger partial charge >= 0.3 is 0 Å². The number of benzene rings is 1. The van der Waals surface area contributed by atoms with Gasteiger partial charge in [-0.2, -0.15) is 0 Å². The quantitative estimate of drug-likeness (QED) is 0.783.